The van der Waals surface area contributed by atoms with Crippen LogP contribution in [0.25, 0.3) is 0 Å². The number of nitrogens with one attached hydrogen (secondary N) is 2. The van der Waals surface area contributed by atoms with Crippen LogP contribution in [0.3, 0.4) is 0 Å². The SMILES string of the molecule is CCCCNC(=O)Nc1cccc(OCC)c1. The molecule has 0 aliphatic rings. The number of urea groups is 1. The maximum Gasteiger partial charge on any atom is 0.319 e. The zero-order valence-electron chi connectivity index (χ0n) is 10.5. The van der Waals surface area contributed by atoms with Gasteiger partial charge in [0.15, 0.2) is 0 Å². The number of carbonyl (C=O) groups is 1. The Morgan fingerprint density at radius 2 is 2.18 bits per heavy atom. The highest BCUT2D eigenvalue weighted by atomic mass is 16.5. The topological polar surface area (TPSA) is 50.4 Å². The van der Waals surface area contributed by atoms with E-state index in [1.807, 2.05) is 31.2 Å². The molecule has 0 aliphatic carbocycles. The van der Waals surface area contributed by atoms with Crippen LogP contribution < -0.4 is 15.4 Å². The number of ether oxygens (including phenoxy) is 1. The number of amides is 2. The maximum atomic E-state index is 11.5. The van der Waals surface area contributed by atoms with Crippen molar-refractivity contribution in [3.63, 3.8) is 0 Å². The highest BCUT2D eigenvalue weighted by Gasteiger charge is 2.01. The van der Waals surface area contributed by atoms with Gasteiger partial charge in [-0.05, 0) is 25.5 Å². The molecule has 0 unspecified atom stereocenters. The number of rotatable bonds is 6. The second kappa shape index (κ2) is 7.54. The van der Waals surface area contributed by atoms with E-state index < -0.39 is 0 Å². The molecule has 1 aromatic rings. The Hall–Kier alpha value is -1.71. The average molecular weight is 236 g/mol. The van der Waals surface area contributed by atoms with Gasteiger partial charge in [0.2, 0.25) is 0 Å². The van der Waals surface area contributed by atoms with Crippen LogP contribution in [0.4, 0.5) is 10.5 Å². The fourth-order valence-corrected chi connectivity index (χ4v) is 1.38. The Morgan fingerprint density at radius 1 is 1.35 bits per heavy atom. The Morgan fingerprint density at radius 3 is 2.88 bits per heavy atom. The van der Waals surface area contributed by atoms with E-state index in [0.717, 1.165) is 24.3 Å². The lowest BCUT2D eigenvalue weighted by atomic mass is 10.3. The standard InChI is InChI=1S/C13H20N2O2/c1-3-5-9-14-13(16)15-11-7-6-8-12(10-11)17-4-2/h6-8,10H,3-5,9H2,1-2H3,(H2,14,15,16). The van der Waals surface area contributed by atoms with E-state index in [-0.39, 0.29) is 6.03 Å². The first kappa shape index (κ1) is 13.4. The van der Waals surface area contributed by atoms with E-state index in [9.17, 15) is 4.79 Å². The van der Waals surface area contributed by atoms with Crippen molar-refractivity contribution in [2.24, 2.45) is 0 Å². The van der Waals surface area contributed by atoms with Crippen molar-refractivity contribution in [2.45, 2.75) is 26.7 Å². The molecule has 2 N–H and O–H groups in total. The van der Waals surface area contributed by atoms with E-state index in [0.29, 0.717) is 13.2 Å². The van der Waals surface area contributed by atoms with E-state index in [4.69, 9.17) is 4.74 Å². The Balaban J connectivity index is 2.44. The number of hydrogen-bond acceptors (Lipinski definition) is 2. The molecule has 1 aromatic carbocycles. The quantitative estimate of drug-likeness (QED) is 0.746. The molecule has 0 spiro atoms. The van der Waals surface area contributed by atoms with Gasteiger partial charge in [0.1, 0.15) is 5.75 Å². The Bertz CT molecular complexity index is 353. The third kappa shape index (κ3) is 5.24. The molecule has 0 bridgehead atoms. The number of benzene rings is 1. The van der Waals surface area contributed by atoms with Crippen LogP contribution in [0.2, 0.25) is 0 Å². The molecule has 0 radical (unpaired) electrons. The van der Waals surface area contributed by atoms with E-state index in [1.54, 1.807) is 0 Å². The van der Waals surface area contributed by atoms with Crippen molar-refractivity contribution >= 4 is 11.7 Å². The summed E-state index contributed by atoms with van der Waals surface area (Å²) in [5, 5.41) is 5.56. The van der Waals surface area contributed by atoms with Crippen molar-refractivity contribution in [1.82, 2.24) is 5.32 Å². The smallest absolute Gasteiger partial charge is 0.319 e. The summed E-state index contributed by atoms with van der Waals surface area (Å²) in [7, 11) is 0. The lowest BCUT2D eigenvalue weighted by Gasteiger charge is -2.08. The van der Waals surface area contributed by atoms with Gasteiger partial charge in [-0.1, -0.05) is 19.4 Å². The molecule has 94 valence electrons. The molecule has 0 atom stereocenters. The summed E-state index contributed by atoms with van der Waals surface area (Å²) >= 11 is 0. The highest BCUT2D eigenvalue weighted by Crippen LogP contribution is 2.16. The van der Waals surface area contributed by atoms with Gasteiger partial charge in [0.05, 0.1) is 6.61 Å². The lowest BCUT2D eigenvalue weighted by Crippen LogP contribution is -2.29. The predicted molar refractivity (Wildman–Crippen MR) is 69.5 cm³/mol. The van der Waals surface area contributed by atoms with Crippen molar-refractivity contribution in [3.05, 3.63) is 24.3 Å². The maximum absolute atomic E-state index is 11.5. The zero-order chi connectivity index (χ0) is 12.5. The fourth-order valence-electron chi connectivity index (χ4n) is 1.38. The van der Waals surface area contributed by atoms with Crippen LogP contribution in [0.1, 0.15) is 26.7 Å². The summed E-state index contributed by atoms with van der Waals surface area (Å²) in [6.07, 6.45) is 2.06. The van der Waals surface area contributed by atoms with Gasteiger partial charge < -0.3 is 15.4 Å². The average Bonchev–Trinajstić information content (AvgIpc) is 2.30. The number of hydrogen-bond donors (Lipinski definition) is 2. The van der Waals surface area contributed by atoms with Gasteiger partial charge >= 0.3 is 6.03 Å². The summed E-state index contributed by atoms with van der Waals surface area (Å²) in [4.78, 5) is 11.5. The van der Waals surface area contributed by atoms with Crippen molar-refractivity contribution in [2.75, 3.05) is 18.5 Å². The molecule has 0 saturated heterocycles. The van der Waals surface area contributed by atoms with Crippen LogP contribution in [0.15, 0.2) is 24.3 Å². The molecule has 0 aliphatic heterocycles. The summed E-state index contributed by atoms with van der Waals surface area (Å²) in [6.45, 7) is 5.34. The van der Waals surface area contributed by atoms with Crippen LogP contribution in [-0.2, 0) is 0 Å². The second-order valence-electron chi connectivity index (χ2n) is 3.70. The first-order valence-electron chi connectivity index (χ1n) is 6.04. The predicted octanol–water partition coefficient (Wildman–Crippen LogP) is 3.01. The molecule has 2 amide bonds. The van der Waals surface area contributed by atoms with Crippen LogP contribution in [0.5, 0.6) is 5.75 Å². The van der Waals surface area contributed by atoms with Gasteiger partial charge in [0.25, 0.3) is 0 Å². The highest BCUT2D eigenvalue weighted by molar-refractivity contribution is 5.89. The van der Waals surface area contributed by atoms with Gasteiger partial charge in [-0.3, -0.25) is 0 Å². The van der Waals surface area contributed by atoms with Crippen molar-refractivity contribution < 1.29 is 9.53 Å². The van der Waals surface area contributed by atoms with Gasteiger partial charge in [-0.15, -0.1) is 0 Å². The third-order valence-corrected chi connectivity index (χ3v) is 2.22. The summed E-state index contributed by atoms with van der Waals surface area (Å²) < 4.78 is 5.35. The van der Waals surface area contributed by atoms with Gasteiger partial charge in [-0.25, -0.2) is 4.79 Å². The fraction of sp³-hybridized carbons (Fsp3) is 0.462. The van der Waals surface area contributed by atoms with Gasteiger partial charge in [-0.2, -0.15) is 0 Å². The minimum atomic E-state index is -0.174. The minimum Gasteiger partial charge on any atom is -0.494 e. The van der Waals surface area contributed by atoms with Crippen LogP contribution in [0, 0.1) is 0 Å². The summed E-state index contributed by atoms with van der Waals surface area (Å²) in [5.74, 6) is 0.763. The number of anilines is 1. The number of unbranched alkanes of at least 4 members (excludes halogenated alkanes) is 1. The summed E-state index contributed by atoms with van der Waals surface area (Å²) in [6, 6.07) is 7.19. The largest absolute Gasteiger partial charge is 0.494 e. The van der Waals surface area contributed by atoms with E-state index >= 15 is 0 Å². The Kier molecular flexibility index (Phi) is 5.93. The number of carbonyl (C=O) groups excluding carboxylic acids is 1. The van der Waals surface area contributed by atoms with E-state index in [1.165, 1.54) is 0 Å². The molecule has 0 saturated carbocycles. The summed E-state index contributed by atoms with van der Waals surface area (Å²) in [5.41, 5.74) is 0.741. The first-order chi connectivity index (χ1) is 8.26. The minimum absolute atomic E-state index is 0.174. The normalized spacial score (nSPS) is 9.76. The molecule has 0 fully saturated rings. The second-order valence-corrected chi connectivity index (χ2v) is 3.70. The lowest BCUT2D eigenvalue weighted by molar-refractivity contribution is 0.252. The van der Waals surface area contributed by atoms with E-state index in [2.05, 4.69) is 17.6 Å². The Labute approximate surface area is 102 Å². The van der Waals surface area contributed by atoms with Crippen molar-refractivity contribution in [3.8, 4) is 5.75 Å². The molecule has 4 heteroatoms. The molecule has 0 aromatic heterocycles. The van der Waals surface area contributed by atoms with Gasteiger partial charge in [0, 0.05) is 18.3 Å². The molecule has 1 rings (SSSR count). The monoisotopic (exact) mass is 236 g/mol. The zero-order valence-corrected chi connectivity index (χ0v) is 10.5. The molecular formula is C13H20N2O2. The molecule has 0 heterocycles. The van der Waals surface area contributed by atoms with Crippen molar-refractivity contribution in [1.29, 1.82) is 0 Å². The third-order valence-electron chi connectivity index (χ3n) is 2.22. The molecule has 17 heavy (non-hydrogen) atoms. The first-order valence-corrected chi connectivity index (χ1v) is 6.04. The van der Waals surface area contributed by atoms with Crippen LogP contribution >= 0.6 is 0 Å². The molecule has 4 nitrogen and oxygen atoms in total. The molecular weight excluding hydrogens is 216 g/mol. The van der Waals surface area contributed by atoms with Crippen LogP contribution in [-0.4, -0.2) is 19.2 Å².